The number of para-hydroxylation sites is 2. The van der Waals surface area contributed by atoms with E-state index in [1.807, 2.05) is 31.2 Å². The quantitative estimate of drug-likeness (QED) is 0.777. The Morgan fingerprint density at radius 1 is 0.938 bits per heavy atom. The Kier molecular flexibility index (Phi) is 6.70. The summed E-state index contributed by atoms with van der Waals surface area (Å²) in [5.41, 5.74) is 2.59. The molecule has 0 radical (unpaired) electrons. The minimum Gasteiger partial charge on any atom is -0.490 e. The number of carbonyl (C=O) groups is 3. The van der Waals surface area contributed by atoms with Crippen molar-refractivity contribution in [2.24, 2.45) is 0 Å². The van der Waals surface area contributed by atoms with E-state index in [0.29, 0.717) is 62.0 Å². The lowest BCUT2D eigenvalue weighted by Gasteiger charge is -2.29. The van der Waals surface area contributed by atoms with Crippen molar-refractivity contribution in [1.29, 1.82) is 0 Å². The predicted octanol–water partition coefficient (Wildman–Crippen LogP) is 2.61. The van der Waals surface area contributed by atoms with E-state index in [4.69, 9.17) is 9.47 Å². The SMILES string of the molecule is Cc1c(NC(=O)CCC(=O)N2CCOc3ccccc32)cccc1C(=O)N1CCOCC1. The second-order valence-corrected chi connectivity index (χ2v) is 7.79. The normalized spacial score (nSPS) is 15.5. The number of nitrogens with one attached hydrogen (secondary N) is 1. The fraction of sp³-hybridized carbons (Fsp3) is 0.375. The molecule has 2 aliphatic heterocycles. The molecular formula is C24H27N3O5. The molecule has 3 amide bonds. The van der Waals surface area contributed by atoms with Crippen LogP contribution in [0.15, 0.2) is 42.5 Å². The van der Waals surface area contributed by atoms with E-state index < -0.39 is 0 Å². The van der Waals surface area contributed by atoms with Crippen LogP contribution in [-0.2, 0) is 14.3 Å². The number of hydrogen-bond donors (Lipinski definition) is 1. The van der Waals surface area contributed by atoms with Gasteiger partial charge in [0.15, 0.2) is 0 Å². The third-order valence-electron chi connectivity index (χ3n) is 5.73. The summed E-state index contributed by atoms with van der Waals surface area (Å²) >= 11 is 0. The minimum absolute atomic E-state index is 0.0550. The van der Waals surface area contributed by atoms with Gasteiger partial charge in [-0.3, -0.25) is 14.4 Å². The summed E-state index contributed by atoms with van der Waals surface area (Å²) in [6, 6.07) is 12.7. The van der Waals surface area contributed by atoms with E-state index in [1.165, 1.54) is 0 Å². The van der Waals surface area contributed by atoms with Crippen LogP contribution in [0.25, 0.3) is 0 Å². The van der Waals surface area contributed by atoms with Gasteiger partial charge < -0.3 is 24.6 Å². The minimum atomic E-state index is -0.265. The molecule has 1 N–H and O–H groups in total. The van der Waals surface area contributed by atoms with Gasteiger partial charge in [0.25, 0.3) is 5.91 Å². The lowest BCUT2D eigenvalue weighted by molar-refractivity contribution is -0.122. The Labute approximate surface area is 187 Å². The van der Waals surface area contributed by atoms with Crippen LogP contribution in [0, 0.1) is 6.92 Å². The molecular weight excluding hydrogens is 410 g/mol. The fourth-order valence-corrected chi connectivity index (χ4v) is 3.94. The molecule has 1 saturated heterocycles. The van der Waals surface area contributed by atoms with Crippen LogP contribution in [0.3, 0.4) is 0 Å². The van der Waals surface area contributed by atoms with Gasteiger partial charge in [-0.05, 0) is 36.8 Å². The molecule has 0 aliphatic carbocycles. The van der Waals surface area contributed by atoms with Crippen LogP contribution in [0.5, 0.6) is 5.75 Å². The van der Waals surface area contributed by atoms with Gasteiger partial charge in [0.2, 0.25) is 11.8 Å². The van der Waals surface area contributed by atoms with Gasteiger partial charge in [-0.2, -0.15) is 0 Å². The van der Waals surface area contributed by atoms with Gasteiger partial charge in [0.1, 0.15) is 12.4 Å². The zero-order valence-electron chi connectivity index (χ0n) is 18.1. The highest BCUT2D eigenvalue weighted by Gasteiger charge is 2.24. The standard InChI is InChI=1S/C24H27N3O5/c1-17-18(24(30)26-11-14-31-15-12-26)5-4-6-19(17)25-22(28)9-10-23(29)27-13-16-32-21-8-3-2-7-20(21)27/h2-8H,9-16H2,1H3,(H,25,28). The molecule has 4 rings (SSSR count). The van der Waals surface area contributed by atoms with E-state index in [1.54, 1.807) is 28.0 Å². The highest BCUT2D eigenvalue weighted by molar-refractivity contribution is 6.01. The van der Waals surface area contributed by atoms with Crippen LogP contribution in [0.1, 0.15) is 28.8 Å². The first-order valence-electron chi connectivity index (χ1n) is 10.8. The Morgan fingerprint density at radius 3 is 2.53 bits per heavy atom. The Bertz CT molecular complexity index is 1020. The molecule has 0 aromatic heterocycles. The van der Waals surface area contributed by atoms with Gasteiger partial charge in [-0.15, -0.1) is 0 Å². The highest BCUT2D eigenvalue weighted by Crippen LogP contribution is 2.31. The first-order chi connectivity index (χ1) is 15.5. The smallest absolute Gasteiger partial charge is 0.254 e. The number of hydrogen-bond acceptors (Lipinski definition) is 5. The highest BCUT2D eigenvalue weighted by atomic mass is 16.5. The van der Waals surface area contributed by atoms with Crippen LogP contribution in [0.4, 0.5) is 11.4 Å². The van der Waals surface area contributed by atoms with Crippen molar-refractivity contribution in [2.45, 2.75) is 19.8 Å². The third-order valence-corrected chi connectivity index (χ3v) is 5.73. The van der Waals surface area contributed by atoms with Crippen molar-refractivity contribution < 1.29 is 23.9 Å². The lowest BCUT2D eigenvalue weighted by atomic mass is 10.0. The average Bonchev–Trinajstić information content (AvgIpc) is 2.83. The molecule has 0 saturated carbocycles. The largest absolute Gasteiger partial charge is 0.490 e. The predicted molar refractivity (Wildman–Crippen MR) is 120 cm³/mol. The molecule has 1 fully saturated rings. The van der Waals surface area contributed by atoms with E-state index in [-0.39, 0.29) is 30.6 Å². The molecule has 8 heteroatoms. The number of fused-ring (bicyclic) bond motifs is 1. The second-order valence-electron chi connectivity index (χ2n) is 7.79. The second kappa shape index (κ2) is 9.82. The molecule has 0 unspecified atom stereocenters. The molecule has 168 valence electrons. The monoisotopic (exact) mass is 437 g/mol. The number of benzene rings is 2. The zero-order chi connectivity index (χ0) is 22.5. The maximum absolute atomic E-state index is 12.8. The maximum atomic E-state index is 12.8. The van der Waals surface area contributed by atoms with Crippen molar-refractivity contribution in [3.8, 4) is 5.75 Å². The van der Waals surface area contributed by atoms with Crippen molar-refractivity contribution in [3.63, 3.8) is 0 Å². The van der Waals surface area contributed by atoms with Crippen molar-refractivity contribution in [3.05, 3.63) is 53.6 Å². The number of carbonyl (C=O) groups excluding carboxylic acids is 3. The Balaban J connectivity index is 1.36. The summed E-state index contributed by atoms with van der Waals surface area (Å²) in [4.78, 5) is 41.6. The zero-order valence-corrected chi connectivity index (χ0v) is 18.1. The number of amides is 3. The molecule has 0 spiro atoms. The van der Waals surface area contributed by atoms with Gasteiger partial charge in [-0.25, -0.2) is 0 Å². The molecule has 32 heavy (non-hydrogen) atoms. The summed E-state index contributed by atoms with van der Waals surface area (Å²) in [7, 11) is 0. The molecule has 8 nitrogen and oxygen atoms in total. The summed E-state index contributed by atoms with van der Waals surface area (Å²) in [6.45, 7) is 4.88. The number of rotatable bonds is 5. The van der Waals surface area contributed by atoms with Gasteiger partial charge in [0, 0.05) is 37.2 Å². The van der Waals surface area contributed by atoms with E-state index in [2.05, 4.69) is 5.32 Å². The lowest BCUT2D eigenvalue weighted by Crippen LogP contribution is -2.41. The van der Waals surface area contributed by atoms with Crippen molar-refractivity contribution in [2.75, 3.05) is 49.7 Å². The molecule has 2 aromatic carbocycles. The van der Waals surface area contributed by atoms with E-state index in [9.17, 15) is 14.4 Å². The number of nitrogens with zero attached hydrogens (tertiary/aromatic N) is 2. The van der Waals surface area contributed by atoms with Crippen LogP contribution < -0.4 is 15.0 Å². The third kappa shape index (κ3) is 4.75. The van der Waals surface area contributed by atoms with Crippen molar-refractivity contribution in [1.82, 2.24) is 4.90 Å². The Morgan fingerprint density at radius 2 is 1.72 bits per heavy atom. The Hall–Kier alpha value is -3.39. The van der Waals surface area contributed by atoms with Crippen LogP contribution >= 0.6 is 0 Å². The number of morpholine rings is 1. The van der Waals surface area contributed by atoms with E-state index in [0.717, 1.165) is 5.69 Å². The summed E-state index contributed by atoms with van der Waals surface area (Å²) in [5, 5.41) is 2.86. The van der Waals surface area contributed by atoms with Gasteiger partial charge in [-0.1, -0.05) is 18.2 Å². The molecule has 2 heterocycles. The summed E-state index contributed by atoms with van der Waals surface area (Å²) in [5.74, 6) is 0.222. The molecule has 0 atom stereocenters. The van der Waals surface area contributed by atoms with Crippen LogP contribution in [0.2, 0.25) is 0 Å². The fourth-order valence-electron chi connectivity index (χ4n) is 3.94. The first kappa shape index (κ1) is 21.8. The van der Waals surface area contributed by atoms with Gasteiger partial charge in [0.05, 0.1) is 25.4 Å². The molecule has 2 aliphatic rings. The summed E-state index contributed by atoms with van der Waals surface area (Å²) < 4.78 is 10.9. The van der Waals surface area contributed by atoms with E-state index >= 15 is 0 Å². The van der Waals surface area contributed by atoms with Crippen molar-refractivity contribution >= 4 is 29.1 Å². The molecule has 0 bridgehead atoms. The topological polar surface area (TPSA) is 88.2 Å². The van der Waals surface area contributed by atoms with Crippen LogP contribution in [-0.4, -0.2) is 62.1 Å². The average molecular weight is 437 g/mol. The number of anilines is 2. The molecule has 2 aromatic rings. The first-order valence-corrected chi connectivity index (χ1v) is 10.8. The summed E-state index contributed by atoms with van der Waals surface area (Å²) in [6.07, 6.45) is 0.144. The van der Waals surface area contributed by atoms with Gasteiger partial charge >= 0.3 is 0 Å². The number of ether oxygens (including phenoxy) is 2. The maximum Gasteiger partial charge on any atom is 0.254 e.